The lowest BCUT2D eigenvalue weighted by Gasteiger charge is -2.28. The van der Waals surface area contributed by atoms with Crippen LogP contribution in [0.3, 0.4) is 0 Å². The summed E-state index contributed by atoms with van der Waals surface area (Å²) in [5, 5.41) is 12.1. The zero-order valence-electron chi connectivity index (χ0n) is 12.3. The molecule has 1 aromatic rings. The molecule has 2 rings (SSSR count). The number of hydrogen-bond donors (Lipinski definition) is 2. The Bertz CT molecular complexity index is 521. The van der Waals surface area contributed by atoms with Crippen molar-refractivity contribution in [2.75, 3.05) is 19.1 Å². The van der Waals surface area contributed by atoms with E-state index in [4.69, 9.17) is 4.74 Å². The number of carboxylic acid groups (broad SMARTS) is 1. The summed E-state index contributed by atoms with van der Waals surface area (Å²) in [5.74, 6) is -0.262. The predicted molar refractivity (Wildman–Crippen MR) is 78.8 cm³/mol. The van der Waals surface area contributed by atoms with E-state index in [9.17, 15) is 14.7 Å². The Balaban J connectivity index is 2.09. The quantitative estimate of drug-likeness (QED) is 0.892. The number of urea groups is 1. The Kier molecular flexibility index (Phi) is 4.35. The van der Waals surface area contributed by atoms with Crippen LogP contribution in [-0.2, 0) is 4.79 Å². The molecule has 1 aliphatic carbocycles. The third kappa shape index (κ3) is 3.09. The standard InChI is InChI=1S/C15H20N2O4/c1-17(11-5-7-12(21-2)8-6-11)14(20)16-15(13(18)19)9-3-4-10-15/h5-8H,3-4,9-10H2,1-2H3,(H,16,20)(H,18,19). The molecular weight excluding hydrogens is 272 g/mol. The van der Waals surface area contributed by atoms with E-state index >= 15 is 0 Å². The molecular formula is C15H20N2O4. The molecule has 0 unspecified atom stereocenters. The molecule has 1 aromatic carbocycles. The lowest BCUT2D eigenvalue weighted by Crippen LogP contribution is -2.55. The van der Waals surface area contributed by atoms with Gasteiger partial charge in [0.25, 0.3) is 0 Å². The summed E-state index contributed by atoms with van der Waals surface area (Å²) in [5.41, 5.74) is -0.454. The Hall–Kier alpha value is -2.24. The number of amides is 2. The average molecular weight is 292 g/mol. The second-order valence-corrected chi connectivity index (χ2v) is 5.28. The molecule has 1 saturated carbocycles. The van der Waals surface area contributed by atoms with E-state index in [1.54, 1.807) is 38.4 Å². The summed E-state index contributed by atoms with van der Waals surface area (Å²) in [4.78, 5) is 25.1. The Morgan fingerprint density at radius 2 is 1.81 bits per heavy atom. The van der Waals surface area contributed by atoms with E-state index in [1.807, 2.05) is 0 Å². The number of carboxylic acids is 1. The van der Waals surface area contributed by atoms with E-state index in [1.165, 1.54) is 4.90 Å². The molecule has 0 aromatic heterocycles. The van der Waals surface area contributed by atoms with Gasteiger partial charge in [-0.2, -0.15) is 0 Å². The molecule has 2 amide bonds. The van der Waals surface area contributed by atoms with Crippen molar-refractivity contribution in [1.82, 2.24) is 5.32 Å². The van der Waals surface area contributed by atoms with Crippen LogP contribution in [0.15, 0.2) is 24.3 Å². The number of nitrogens with one attached hydrogen (secondary N) is 1. The maximum absolute atomic E-state index is 12.3. The maximum Gasteiger partial charge on any atom is 0.329 e. The van der Waals surface area contributed by atoms with Crippen molar-refractivity contribution in [2.45, 2.75) is 31.2 Å². The van der Waals surface area contributed by atoms with Gasteiger partial charge in [0.05, 0.1) is 7.11 Å². The van der Waals surface area contributed by atoms with Crippen LogP contribution >= 0.6 is 0 Å². The number of hydrogen-bond acceptors (Lipinski definition) is 3. The van der Waals surface area contributed by atoms with Gasteiger partial charge in [-0.15, -0.1) is 0 Å². The zero-order valence-corrected chi connectivity index (χ0v) is 12.3. The lowest BCUT2D eigenvalue weighted by atomic mass is 9.98. The van der Waals surface area contributed by atoms with E-state index in [2.05, 4.69) is 5.32 Å². The number of carbonyl (C=O) groups excluding carboxylic acids is 1. The predicted octanol–water partition coefficient (Wildman–Crippen LogP) is 2.24. The van der Waals surface area contributed by atoms with Crippen LogP contribution in [0, 0.1) is 0 Å². The summed E-state index contributed by atoms with van der Waals surface area (Å²) in [7, 11) is 3.18. The fraction of sp³-hybridized carbons (Fsp3) is 0.467. The van der Waals surface area contributed by atoms with Crippen molar-refractivity contribution in [3.05, 3.63) is 24.3 Å². The van der Waals surface area contributed by atoms with Gasteiger partial charge in [0.2, 0.25) is 0 Å². The van der Waals surface area contributed by atoms with Gasteiger partial charge in [0.15, 0.2) is 0 Å². The molecule has 6 heteroatoms. The minimum atomic E-state index is -1.13. The van der Waals surface area contributed by atoms with Crippen LogP contribution in [0.2, 0.25) is 0 Å². The number of anilines is 1. The van der Waals surface area contributed by atoms with Crippen molar-refractivity contribution >= 4 is 17.7 Å². The molecule has 6 nitrogen and oxygen atoms in total. The molecule has 0 radical (unpaired) electrons. The number of aliphatic carboxylic acids is 1. The van der Waals surface area contributed by atoms with Crippen molar-refractivity contribution in [2.24, 2.45) is 0 Å². The molecule has 2 N–H and O–H groups in total. The summed E-state index contributed by atoms with van der Waals surface area (Å²) in [6.45, 7) is 0. The van der Waals surface area contributed by atoms with E-state index in [0.29, 0.717) is 24.3 Å². The van der Waals surface area contributed by atoms with Gasteiger partial charge in [0.1, 0.15) is 11.3 Å². The highest BCUT2D eigenvalue weighted by Crippen LogP contribution is 2.30. The smallest absolute Gasteiger partial charge is 0.329 e. The molecule has 0 aliphatic heterocycles. The largest absolute Gasteiger partial charge is 0.497 e. The van der Waals surface area contributed by atoms with Crippen LogP contribution in [0.25, 0.3) is 0 Å². The van der Waals surface area contributed by atoms with Gasteiger partial charge in [0, 0.05) is 12.7 Å². The van der Waals surface area contributed by atoms with Crippen molar-refractivity contribution in [1.29, 1.82) is 0 Å². The molecule has 0 bridgehead atoms. The van der Waals surface area contributed by atoms with Gasteiger partial charge in [-0.1, -0.05) is 12.8 Å². The van der Waals surface area contributed by atoms with Crippen molar-refractivity contribution in [3.8, 4) is 5.75 Å². The topological polar surface area (TPSA) is 78.9 Å². The Morgan fingerprint density at radius 3 is 2.29 bits per heavy atom. The van der Waals surface area contributed by atoms with Crippen LogP contribution in [-0.4, -0.2) is 36.8 Å². The molecule has 0 saturated heterocycles. The highest BCUT2D eigenvalue weighted by atomic mass is 16.5. The highest BCUT2D eigenvalue weighted by molar-refractivity contribution is 5.95. The molecule has 1 aliphatic rings. The van der Waals surface area contributed by atoms with Gasteiger partial charge in [-0.3, -0.25) is 4.90 Å². The van der Waals surface area contributed by atoms with E-state index in [-0.39, 0.29) is 0 Å². The van der Waals surface area contributed by atoms with Gasteiger partial charge in [-0.05, 0) is 37.1 Å². The molecule has 0 atom stereocenters. The fourth-order valence-electron chi connectivity index (χ4n) is 2.58. The molecule has 0 spiro atoms. The highest BCUT2D eigenvalue weighted by Gasteiger charge is 2.43. The summed E-state index contributed by atoms with van der Waals surface area (Å²) >= 11 is 0. The summed E-state index contributed by atoms with van der Waals surface area (Å²) in [6, 6.07) is 6.59. The lowest BCUT2D eigenvalue weighted by molar-refractivity contribution is -0.144. The molecule has 0 heterocycles. The maximum atomic E-state index is 12.3. The normalized spacial score (nSPS) is 16.3. The second-order valence-electron chi connectivity index (χ2n) is 5.28. The van der Waals surface area contributed by atoms with Gasteiger partial charge < -0.3 is 15.2 Å². The van der Waals surface area contributed by atoms with Gasteiger partial charge in [-0.25, -0.2) is 9.59 Å². The van der Waals surface area contributed by atoms with Gasteiger partial charge >= 0.3 is 12.0 Å². The molecule has 21 heavy (non-hydrogen) atoms. The number of ether oxygens (including phenoxy) is 1. The SMILES string of the molecule is COc1ccc(N(C)C(=O)NC2(C(=O)O)CCCC2)cc1. The summed E-state index contributed by atoms with van der Waals surface area (Å²) < 4.78 is 5.07. The van der Waals surface area contributed by atoms with Crippen molar-refractivity contribution in [3.63, 3.8) is 0 Å². The minimum absolute atomic E-state index is 0.413. The van der Waals surface area contributed by atoms with Crippen LogP contribution in [0.5, 0.6) is 5.75 Å². The third-order valence-electron chi connectivity index (χ3n) is 3.98. The van der Waals surface area contributed by atoms with Crippen LogP contribution in [0.1, 0.15) is 25.7 Å². The van der Waals surface area contributed by atoms with E-state index in [0.717, 1.165) is 12.8 Å². The van der Waals surface area contributed by atoms with Crippen LogP contribution < -0.4 is 15.0 Å². The summed E-state index contributed by atoms with van der Waals surface area (Å²) in [6.07, 6.45) is 2.59. The zero-order chi connectivity index (χ0) is 15.5. The Labute approximate surface area is 123 Å². The number of nitrogens with zero attached hydrogens (tertiary/aromatic N) is 1. The number of rotatable bonds is 4. The van der Waals surface area contributed by atoms with E-state index < -0.39 is 17.5 Å². The first-order chi connectivity index (χ1) is 9.98. The number of methoxy groups -OCH3 is 1. The molecule has 114 valence electrons. The first-order valence-electron chi connectivity index (χ1n) is 6.92. The number of carbonyl (C=O) groups is 2. The Morgan fingerprint density at radius 1 is 1.24 bits per heavy atom. The first kappa shape index (κ1) is 15.2. The monoisotopic (exact) mass is 292 g/mol. The van der Waals surface area contributed by atoms with Crippen molar-refractivity contribution < 1.29 is 19.4 Å². The first-order valence-corrected chi connectivity index (χ1v) is 6.92. The number of benzene rings is 1. The minimum Gasteiger partial charge on any atom is -0.497 e. The average Bonchev–Trinajstić information content (AvgIpc) is 2.96. The second kappa shape index (κ2) is 6.03. The molecule has 1 fully saturated rings. The fourth-order valence-corrected chi connectivity index (χ4v) is 2.58. The van der Waals surface area contributed by atoms with Crippen LogP contribution in [0.4, 0.5) is 10.5 Å². The third-order valence-corrected chi connectivity index (χ3v) is 3.98.